The van der Waals surface area contributed by atoms with Gasteiger partial charge in [-0.3, -0.25) is 14.9 Å². The fourth-order valence-corrected chi connectivity index (χ4v) is 4.53. The van der Waals surface area contributed by atoms with Gasteiger partial charge < -0.3 is 10.2 Å². The average molecular weight is 439 g/mol. The van der Waals surface area contributed by atoms with Crippen LogP contribution in [0.2, 0.25) is 5.02 Å². The molecule has 1 fully saturated rings. The fraction of sp³-hybridized carbons (Fsp3) is 0.278. The van der Waals surface area contributed by atoms with Gasteiger partial charge >= 0.3 is 0 Å². The summed E-state index contributed by atoms with van der Waals surface area (Å²) in [5.41, 5.74) is -0.0583. The summed E-state index contributed by atoms with van der Waals surface area (Å²) in [6.07, 6.45) is 0. The molecule has 0 aromatic heterocycles. The lowest BCUT2D eigenvalue weighted by atomic mass is 10.2. The predicted octanol–water partition coefficient (Wildman–Crippen LogP) is 2.44. The molecule has 0 aliphatic carbocycles. The molecule has 0 radical (unpaired) electrons. The van der Waals surface area contributed by atoms with Gasteiger partial charge in [0.2, 0.25) is 10.0 Å². The Morgan fingerprint density at radius 1 is 1.14 bits per heavy atom. The number of hydrogen-bond acceptors (Lipinski definition) is 6. The monoisotopic (exact) mass is 438 g/mol. The number of nitro benzene ring substituents is 1. The molecule has 0 saturated carbocycles. The number of nitrogens with zero attached hydrogens (tertiary/aromatic N) is 3. The van der Waals surface area contributed by atoms with E-state index < -0.39 is 20.9 Å². The first-order valence-corrected chi connectivity index (χ1v) is 10.5. The molecule has 0 bridgehead atoms. The number of amides is 1. The molecule has 2 aromatic rings. The zero-order valence-electron chi connectivity index (χ0n) is 15.5. The van der Waals surface area contributed by atoms with Crippen molar-refractivity contribution in [3.63, 3.8) is 0 Å². The van der Waals surface area contributed by atoms with Crippen molar-refractivity contribution in [2.24, 2.45) is 0 Å². The molecule has 154 valence electrons. The van der Waals surface area contributed by atoms with Gasteiger partial charge in [0, 0.05) is 43.9 Å². The Kier molecular flexibility index (Phi) is 6.18. The van der Waals surface area contributed by atoms with Crippen LogP contribution >= 0.6 is 11.6 Å². The predicted molar refractivity (Wildman–Crippen MR) is 109 cm³/mol. The van der Waals surface area contributed by atoms with Crippen molar-refractivity contribution < 1.29 is 18.1 Å². The van der Waals surface area contributed by atoms with Crippen molar-refractivity contribution in [2.45, 2.75) is 4.90 Å². The summed E-state index contributed by atoms with van der Waals surface area (Å²) in [6.45, 7) is 2.01. The lowest BCUT2D eigenvalue weighted by Crippen LogP contribution is -2.47. The van der Waals surface area contributed by atoms with E-state index in [0.717, 1.165) is 6.07 Å². The van der Waals surface area contributed by atoms with E-state index >= 15 is 0 Å². The van der Waals surface area contributed by atoms with Crippen LogP contribution in [-0.2, 0) is 10.0 Å². The zero-order valence-corrected chi connectivity index (χ0v) is 17.1. The maximum Gasteiger partial charge on any atom is 0.271 e. The minimum absolute atomic E-state index is 0.0137. The number of carbonyl (C=O) groups is 1. The van der Waals surface area contributed by atoms with Gasteiger partial charge in [0.1, 0.15) is 0 Å². The molecule has 1 aliphatic rings. The molecule has 1 aliphatic heterocycles. The number of carbonyl (C=O) groups excluding carboxylic acids is 1. The van der Waals surface area contributed by atoms with Crippen molar-refractivity contribution in [1.29, 1.82) is 0 Å². The van der Waals surface area contributed by atoms with Crippen LogP contribution < -0.4 is 5.32 Å². The van der Waals surface area contributed by atoms with Crippen LogP contribution in [0.1, 0.15) is 10.4 Å². The van der Waals surface area contributed by atoms with Gasteiger partial charge in [-0.05, 0) is 31.3 Å². The molecule has 0 unspecified atom stereocenters. The van der Waals surface area contributed by atoms with Gasteiger partial charge in [-0.15, -0.1) is 0 Å². The summed E-state index contributed by atoms with van der Waals surface area (Å²) < 4.78 is 27.2. The first kappa shape index (κ1) is 21.2. The molecule has 0 spiro atoms. The number of rotatable bonds is 5. The second-order valence-electron chi connectivity index (χ2n) is 6.61. The first-order valence-electron chi connectivity index (χ1n) is 8.72. The van der Waals surface area contributed by atoms with Crippen molar-refractivity contribution in [3.8, 4) is 0 Å². The zero-order chi connectivity index (χ0) is 21.2. The highest BCUT2D eigenvalue weighted by atomic mass is 35.5. The molecule has 1 amide bonds. The third-order valence-corrected chi connectivity index (χ3v) is 6.83. The van der Waals surface area contributed by atoms with Gasteiger partial charge in [-0.25, -0.2) is 8.42 Å². The van der Waals surface area contributed by atoms with E-state index in [1.807, 2.05) is 11.9 Å². The van der Waals surface area contributed by atoms with E-state index in [1.54, 1.807) is 0 Å². The van der Waals surface area contributed by atoms with Crippen LogP contribution in [0.5, 0.6) is 0 Å². The van der Waals surface area contributed by atoms with Crippen LogP contribution in [0, 0.1) is 10.1 Å². The van der Waals surface area contributed by atoms with Gasteiger partial charge in [-0.2, -0.15) is 4.31 Å². The molecule has 1 N–H and O–H groups in total. The second-order valence-corrected chi connectivity index (χ2v) is 8.96. The molecule has 1 heterocycles. The van der Waals surface area contributed by atoms with Gasteiger partial charge in [0.15, 0.2) is 0 Å². The lowest BCUT2D eigenvalue weighted by molar-refractivity contribution is -0.384. The molecule has 11 heteroatoms. The number of nitrogens with one attached hydrogen (secondary N) is 1. The maximum absolute atomic E-state index is 12.9. The van der Waals surface area contributed by atoms with E-state index in [-0.39, 0.29) is 26.9 Å². The number of likely N-dealkylation sites (N-methyl/N-ethyl adjacent to an activating group) is 1. The Morgan fingerprint density at radius 2 is 1.83 bits per heavy atom. The van der Waals surface area contributed by atoms with Crippen LogP contribution in [0.4, 0.5) is 11.4 Å². The van der Waals surface area contributed by atoms with Crippen LogP contribution in [-0.4, -0.2) is 61.7 Å². The van der Waals surface area contributed by atoms with Crippen molar-refractivity contribution in [3.05, 3.63) is 63.2 Å². The number of piperazine rings is 1. The SMILES string of the molecule is CN1CCN(S(=O)(=O)c2cccc(C(=O)Nc3cc([N+](=O)[O-])ccc3Cl)c2)CC1. The van der Waals surface area contributed by atoms with Crippen molar-refractivity contribution in [1.82, 2.24) is 9.21 Å². The average Bonchev–Trinajstić information content (AvgIpc) is 2.70. The van der Waals surface area contributed by atoms with Crippen molar-refractivity contribution >= 4 is 38.9 Å². The molecule has 2 aromatic carbocycles. The molecular formula is C18H19ClN4O5S. The Balaban J connectivity index is 1.83. The maximum atomic E-state index is 12.9. The molecular weight excluding hydrogens is 420 g/mol. The van der Waals surface area contributed by atoms with E-state index in [1.165, 1.54) is 40.7 Å². The van der Waals surface area contributed by atoms with Crippen molar-refractivity contribution in [2.75, 3.05) is 38.5 Å². The summed E-state index contributed by atoms with van der Waals surface area (Å²) in [4.78, 5) is 25.0. The van der Waals surface area contributed by atoms with Crippen LogP contribution in [0.25, 0.3) is 0 Å². The number of non-ortho nitro benzene ring substituents is 1. The van der Waals surface area contributed by atoms with E-state index in [4.69, 9.17) is 11.6 Å². The number of benzene rings is 2. The molecule has 29 heavy (non-hydrogen) atoms. The lowest BCUT2D eigenvalue weighted by Gasteiger charge is -2.31. The molecule has 9 nitrogen and oxygen atoms in total. The molecule has 3 rings (SSSR count). The van der Waals surface area contributed by atoms with Gasteiger partial charge in [-0.1, -0.05) is 17.7 Å². The summed E-state index contributed by atoms with van der Waals surface area (Å²) in [5.74, 6) is -0.622. The Hall–Kier alpha value is -2.53. The number of halogens is 1. The smallest absolute Gasteiger partial charge is 0.271 e. The third kappa shape index (κ3) is 4.73. The van der Waals surface area contributed by atoms with E-state index in [9.17, 15) is 23.3 Å². The minimum atomic E-state index is -3.73. The Labute approximate surface area is 173 Å². The highest BCUT2D eigenvalue weighted by Crippen LogP contribution is 2.27. The molecule has 0 atom stereocenters. The third-order valence-electron chi connectivity index (χ3n) is 4.61. The fourth-order valence-electron chi connectivity index (χ4n) is 2.89. The summed E-state index contributed by atoms with van der Waals surface area (Å²) >= 11 is 6.01. The minimum Gasteiger partial charge on any atom is -0.320 e. The van der Waals surface area contributed by atoms with Gasteiger partial charge in [0.05, 0.1) is 20.5 Å². The van der Waals surface area contributed by atoms with Crippen LogP contribution in [0.3, 0.4) is 0 Å². The van der Waals surface area contributed by atoms with E-state index in [2.05, 4.69) is 5.32 Å². The van der Waals surface area contributed by atoms with Gasteiger partial charge in [0.25, 0.3) is 11.6 Å². The summed E-state index contributed by atoms with van der Waals surface area (Å²) in [6, 6.07) is 9.34. The Morgan fingerprint density at radius 3 is 2.48 bits per heavy atom. The normalized spacial score (nSPS) is 15.8. The number of sulfonamides is 1. The molecule has 1 saturated heterocycles. The number of anilines is 1. The Bertz CT molecular complexity index is 1050. The highest BCUT2D eigenvalue weighted by Gasteiger charge is 2.28. The number of nitro groups is 1. The largest absolute Gasteiger partial charge is 0.320 e. The van der Waals surface area contributed by atoms with E-state index in [0.29, 0.717) is 26.2 Å². The topological polar surface area (TPSA) is 113 Å². The number of hydrogen-bond donors (Lipinski definition) is 1. The summed E-state index contributed by atoms with van der Waals surface area (Å²) in [7, 11) is -1.80. The quantitative estimate of drug-likeness (QED) is 0.566. The summed E-state index contributed by atoms with van der Waals surface area (Å²) in [5, 5.41) is 13.5. The first-order chi connectivity index (χ1) is 13.7. The highest BCUT2D eigenvalue weighted by molar-refractivity contribution is 7.89. The van der Waals surface area contributed by atoms with Crippen LogP contribution in [0.15, 0.2) is 47.4 Å². The second kappa shape index (κ2) is 8.46. The standard InChI is InChI=1S/C18H19ClN4O5S/c1-21-7-9-22(10-8-21)29(27,28)15-4-2-3-13(11-15)18(24)20-17-12-14(23(25)26)5-6-16(17)19/h2-6,11-12H,7-10H2,1H3,(H,20,24).